The molecule has 0 amide bonds. The van der Waals surface area contributed by atoms with Crippen LogP contribution >= 0.6 is 0 Å². The lowest BCUT2D eigenvalue weighted by Gasteiger charge is -2.07. The van der Waals surface area contributed by atoms with E-state index in [1.54, 1.807) is 6.20 Å². The Labute approximate surface area is 127 Å². The van der Waals surface area contributed by atoms with Crippen molar-refractivity contribution in [1.29, 1.82) is 0 Å². The van der Waals surface area contributed by atoms with Crippen molar-refractivity contribution in [3.8, 4) is 5.75 Å². The molecule has 5 nitrogen and oxygen atoms in total. The first-order valence-electron chi connectivity index (χ1n) is 8.18. The molecule has 2 N–H and O–H groups in total. The lowest BCUT2D eigenvalue weighted by Crippen LogP contribution is -2.22. The van der Waals surface area contributed by atoms with Gasteiger partial charge in [0.05, 0.1) is 12.8 Å². The number of hydrogen-bond acceptors (Lipinski definition) is 4. The maximum Gasteiger partial charge on any atom is 0.270 e. The molecule has 21 heavy (non-hydrogen) atoms. The van der Waals surface area contributed by atoms with Gasteiger partial charge >= 0.3 is 0 Å². The van der Waals surface area contributed by atoms with E-state index in [1.165, 1.54) is 42.9 Å². The molecule has 1 aromatic rings. The molecule has 1 rings (SSSR count). The molecule has 0 aliphatic carbocycles. The molecular weight excluding hydrogens is 266 g/mol. The van der Waals surface area contributed by atoms with Crippen LogP contribution in [0.1, 0.15) is 58.3 Å². The standard InChI is InChI=1S/C16H29N3O2/c1-2-3-4-5-6-7-8-11-19-16(20)13-15(14-18-19)21-12-9-10-17/h13-14H,2-12,17H2,1H3. The first-order valence-corrected chi connectivity index (χ1v) is 8.18. The molecule has 0 aromatic carbocycles. The summed E-state index contributed by atoms with van der Waals surface area (Å²) in [5.74, 6) is 0.532. The van der Waals surface area contributed by atoms with Crippen molar-refractivity contribution in [1.82, 2.24) is 9.78 Å². The highest BCUT2D eigenvalue weighted by atomic mass is 16.5. The van der Waals surface area contributed by atoms with Crippen LogP contribution in [0.4, 0.5) is 0 Å². The summed E-state index contributed by atoms with van der Waals surface area (Å²) >= 11 is 0. The van der Waals surface area contributed by atoms with Gasteiger partial charge in [-0.15, -0.1) is 0 Å². The maximum atomic E-state index is 11.9. The second-order valence-electron chi connectivity index (χ2n) is 5.36. The highest BCUT2D eigenvalue weighted by Gasteiger charge is 2.01. The van der Waals surface area contributed by atoms with Gasteiger partial charge in [-0.25, -0.2) is 4.68 Å². The van der Waals surface area contributed by atoms with Crippen LogP contribution in [0, 0.1) is 0 Å². The zero-order valence-corrected chi connectivity index (χ0v) is 13.2. The van der Waals surface area contributed by atoms with E-state index in [0.717, 1.165) is 19.3 Å². The first kappa shape index (κ1) is 17.7. The second-order valence-corrected chi connectivity index (χ2v) is 5.36. The molecule has 5 heteroatoms. The Balaban J connectivity index is 2.24. The van der Waals surface area contributed by atoms with E-state index in [-0.39, 0.29) is 5.56 Å². The minimum absolute atomic E-state index is 0.0915. The molecule has 0 saturated carbocycles. The van der Waals surface area contributed by atoms with Crippen LogP contribution in [0.15, 0.2) is 17.1 Å². The SMILES string of the molecule is CCCCCCCCCn1ncc(OCCCN)cc1=O. The van der Waals surface area contributed by atoms with Crippen molar-refractivity contribution < 1.29 is 4.74 Å². The molecule has 0 aliphatic heterocycles. The third-order valence-electron chi connectivity index (χ3n) is 3.44. The number of rotatable bonds is 12. The van der Waals surface area contributed by atoms with Gasteiger partial charge in [-0.05, 0) is 19.4 Å². The average Bonchev–Trinajstić information content (AvgIpc) is 2.48. The monoisotopic (exact) mass is 295 g/mol. The van der Waals surface area contributed by atoms with Crippen molar-refractivity contribution in [3.05, 3.63) is 22.6 Å². The van der Waals surface area contributed by atoms with Crippen LogP contribution in [0.3, 0.4) is 0 Å². The van der Waals surface area contributed by atoms with E-state index in [4.69, 9.17) is 10.5 Å². The Kier molecular flexibility index (Phi) is 9.53. The lowest BCUT2D eigenvalue weighted by molar-refractivity contribution is 0.309. The van der Waals surface area contributed by atoms with Crippen LogP contribution in [-0.2, 0) is 6.54 Å². The zero-order valence-electron chi connectivity index (χ0n) is 13.2. The second kappa shape index (κ2) is 11.3. The molecule has 0 bridgehead atoms. The number of hydrogen-bond donors (Lipinski definition) is 1. The summed E-state index contributed by atoms with van der Waals surface area (Å²) in [6.07, 6.45) is 11.0. The van der Waals surface area contributed by atoms with Crippen molar-refractivity contribution in [3.63, 3.8) is 0 Å². The molecule has 1 aromatic heterocycles. The van der Waals surface area contributed by atoms with Crippen LogP contribution in [0.5, 0.6) is 5.75 Å². The lowest BCUT2D eigenvalue weighted by atomic mass is 10.1. The van der Waals surface area contributed by atoms with Gasteiger partial charge in [0.15, 0.2) is 0 Å². The first-order chi connectivity index (χ1) is 10.3. The average molecular weight is 295 g/mol. The molecule has 0 aliphatic rings. The Bertz CT molecular complexity index is 432. The van der Waals surface area contributed by atoms with Gasteiger partial charge in [-0.1, -0.05) is 45.4 Å². The molecule has 0 unspecified atom stereocenters. The molecular formula is C16H29N3O2. The maximum absolute atomic E-state index is 11.9. The van der Waals surface area contributed by atoms with E-state index < -0.39 is 0 Å². The van der Waals surface area contributed by atoms with Crippen molar-refractivity contribution in [2.45, 2.75) is 64.8 Å². The largest absolute Gasteiger partial charge is 0.492 e. The summed E-state index contributed by atoms with van der Waals surface area (Å²) in [5.41, 5.74) is 5.30. The number of nitrogens with two attached hydrogens (primary N) is 1. The van der Waals surface area contributed by atoms with Crippen LogP contribution < -0.4 is 16.0 Å². The van der Waals surface area contributed by atoms with Crippen molar-refractivity contribution in [2.24, 2.45) is 5.73 Å². The minimum atomic E-state index is -0.0915. The summed E-state index contributed by atoms with van der Waals surface area (Å²) in [6, 6.07) is 1.50. The summed E-state index contributed by atoms with van der Waals surface area (Å²) in [6.45, 7) is 4.03. The molecule has 0 atom stereocenters. The Morgan fingerprint density at radius 3 is 2.52 bits per heavy atom. The summed E-state index contributed by atoms with van der Waals surface area (Å²) in [7, 11) is 0. The zero-order chi connectivity index (χ0) is 15.3. The fraction of sp³-hybridized carbons (Fsp3) is 0.750. The minimum Gasteiger partial charge on any atom is -0.492 e. The summed E-state index contributed by atoms with van der Waals surface area (Å²) < 4.78 is 6.92. The van der Waals surface area contributed by atoms with Crippen molar-refractivity contribution >= 4 is 0 Å². The highest BCUT2D eigenvalue weighted by molar-refractivity contribution is 5.13. The van der Waals surface area contributed by atoms with Gasteiger partial charge in [0.2, 0.25) is 0 Å². The van der Waals surface area contributed by atoms with Gasteiger partial charge in [-0.2, -0.15) is 5.10 Å². The number of nitrogens with zero attached hydrogens (tertiary/aromatic N) is 2. The van der Waals surface area contributed by atoms with Gasteiger partial charge in [0.25, 0.3) is 5.56 Å². The summed E-state index contributed by atoms with van der Waals surface area (Å²) in [5, 5.41) is 4.15. The predicted molar refractivity (Wildman–Crippen MR) is 85.7 cm³/mol. The molecule has 120 valence electrons. The number of unbranched alkanes of at least 4 members (excludes halogenated alkanes) is 6. The van der Waals surface area contributed by atoms with Crippen LogP contribution in [0.2, 0.25) is 0 Å². The van der Waals surface area contributed by atoms with Gasteiger partial charge in [0.1, 0.15) is 5.75 Å². The van der Waals surface area contributed by atoms with E-state index in [0.29, 0.717) is 25.4 Å². The van der Waals surface area contributed by atoms with E-state index in [2.05, 4.69) is 12.0 Å². The Hall–Kier alpha value is -1.36. The normalized spacial score (nSPS) is 10.8. The topological polar surface area (TPSA) is 70.1 Å². The fourth-order valence-electron chi connectivity index (χ4n) is 2.16. The number of aromatic nitrogens is 2. The van der Waals surface area contributed by atoms with Crippen LogP contribution in [0.25, 0.3) is 0 Å². The van der Waals surface area contributed by atoms with E-state index in [9.17, 15) is 4.79 Å². The Morgan fingerprint density at radius 1 is 1.14 bits per heavy atom. The molecule has 1 heterocycles. The fourth-order valence-corrected chi connectivity index (χ4v) is 2.16. The predicted octanol–water partition coefficient (Wildman–Crippen LogP) is 2.72. The van der Waals surface area contributed by atoms with Crippen LogP contribution in [-0.4, -0.2) is 22.9 Å². The number of ether oxygens (including phenoxy) is 1. The van der Waals surface area contributed by atoms with Gasteiger partial charge < -0.3 is 10.5 Å². The smallest absolute Gasteiger partial charge is 0.270 e. The van der Waals surface area contributed by atoms with E-state index >= 15 is 0 Å². The van der Waals surface area contributed by atoms with E-state index in [1.807, 2.05) is 0 Å². The quantitative estimate of drug-likeness (QED) is 0.602. The molecule has 0 saturated heterocycles. The highest BCUT2D eigenvalue weighted by Crippen LogP contribution is 2.08. The number of aryl methyl sites for hydroxylation is 1. The third kappa shape index (κ3) is 7.85. The molecule has 0 spiro atoms. The summed E-state index contributed by atoms with van der Waals surface area (Å²) in [4.78, 5) is 11.9. The van der Waals surface area contributed by atoms with Gasteiger partial charge in [0, 0.05) is 12.6 Å². The van der Waals surface area contributed by atoms with Gasteiger partial charge in [-0.3, -0.25) is 4.79 Å². The Morgan fingerprint density at radius 2 is 1.86 bits per heavy atom. The molecule has 0 radical (unpaired) electrons. The van der Waals surface area contributed by atoms with Crippen molar-refractivity contribution in [2.75, 3.05) is 13.2 Å². The third-order valence-corrected chi connectivity index (χ3v) is 3.44. The molecule has 0 fully saturated rings.